The number of para-hydroxylation sites is 1. The lowest BCUT2D eigenvalue weighted by Gasteiger charge is -2.36. The number of carbonyl (C=O) groups is 1. The molecule has 1 saturated heterocycles. The van der Waals surface area contributed by atoms with E-state index in [9.17, 15) is 4.79 Å². The molecule has 2 heterocycles. The van der Waals surface area contributed by atoms with Gasteiger partial charge in [-0.1, -0.05) is 30.4 Å². The Balaban J connectivity index is 1.75. The molecule has 0 radical (unpaired) electrons. The van der Waals surface area contributed by atoms with Crippen LogP contribution in [0.15, 0.2) is 24.3 Å². The lowest BCUT2D eigenvalue weighted by molar-refractivity contribution is -0.123. The predicted octanol–water partition coefficient (Wildman–Crippen LogP) is 0.927. The zero-order chi connectivity index (χ0) is 14.8. The molecule has 1 fully saturated rings. The number of hydrogen-bond acceptors (Lipinski definition) is 4. The Hall–Kier alpha value is -1.50. The lowest BCUT2D eigenvalue weighted by atomic mass is 10.0. The van der Waals surface area contributed by atoms with Crippen LogP contribution in [0.1, 0.15) is 12.0 Å². The molecule has 0 spiro atoms. The van der Waals surface area contributed by atoms with Crippen molar-refractivity contribution in [3.05, 3.63) is 29.8 Å². The summed E-state index contributed by atoms with van der Waals surface area (Å²) in [6, 6.07) is 7.81. The summed E-state index contributed by atoms with van der Waals surface area (Å²) in [6.45, 7) is 1.87. The molecule has 0 aromatic heterocycles. The topological polar surface area (TPSA) is 67.6 Å². The van der Waals surface area contributed by atoms with Crippen molar-refractivity contribution < 1.29 is 9.53 Å². The van der Waals surface area contributed by atoms with Crippen LogP contribution in [0.3, 0.4) is 0 Å². The summed E-state index contributed by atoms with van der Waals surface area (Å²) < 4.78 is 5.55. The van der Waals surface area contributed by atoms with E-state index in [-0.39, 0.29) is 18.1 Å². The molecule has 2 atom stereocenters. The maximum Gasteiger partial charge on any atom is 0.241 e. The molecule has 0 aliphatic carbocycles. The molecule has 0 saturated carbocycles. The van der Waals surface area contributed by atoms with Crippen molar-refractivity contribution in [2.24, 2.45) is 5.73 Å². The van der Waals surface area contributed by atoms with Crippen LogP contribution in [0.25, 0.3) is 0 Å². The van der Waals surface area contributed by atoms with Crippen LogP contribution in [0.5, 0.6) is 0 Å². The van der Waals surface area contributed by atoms with Gasteiger partial charge in [0.05, 0.1) is 12.6 Å². The first-order chi connectivity index (χ1) is 10.1. The van der Waals surface area contributed by atoms with Gasteiger partial charge >= 0.3 is 0 Å². The maximum absolute atomic E-state index is 12.5. The van der Waals surface area contributed by atoms with Gasteiger partial charge in [-0.15, -0.1) is 0 Å². The summed E-state index contributed by atoms with van der Waals surface area (Å²) in [5.74, 6) is 0.0449. The number of thiocarbonyl (C=S) groups is 1. The van der Waals surface area contributed by atoms with E-state index in [0.29, 0.717) is 18.1 Å². The van der Waals surface area contributed by atoms with E-state index in [1.165, 1.54) is 5.56 Å². The summed E-state index contributed by atoms with van der Waals surface area (Å²) in [6.07, 6.45) is 1.42. The lowest BCUT2D eigenvalue weighted by Crippen LogP contribution is -2.54. The molecule has 21 heavy (non-hydrogen) atoms. The van der Waals surface area contributed by atoms with Crippen molar-refractivity contribution in [1.82, 2.24) is 4.90 Å². The number of benzene rings is 1. The van der Waals surface area contributed by atoms with Gasteiger partial charge in [-0.3, -0.25) is 9.69 Å². The van der Waals surface area contributed by atoms with Crippen LogP contribution in [0.2, 0.25) is 0 Å². The van der Waals surface area contributed by atoms with Crippen molar-refractivity contribution >= 4 is 28.8 Å². The third kappa shape index (κ3) is 3.07. The highest BCUT2D eigenvalue weighted by atomic mass is 32.1. The molecule has 112 valence electrons. The molecule has 2 aliphatic rings. The Kier molecular flexibility index (Phi) is 4.19. The average Bonchev–Trinajstić information content (AvgIpc) is 2.65. The van der Waals surface area contributed by atoms with Crippen LogP contribution in [0, 0.1) is 0 Å². The van der Waals surface area contributed by atoms with Crippen LogP contribution in [0.4, 0.5) is 5.69 Å². The van der Waals surface area contributed by atoms with Crippen molar-refractivity contribution in [1.29, 1.82) is 0 Å². The van der Waals surface area contributed by atoms with E-state index in [0.717, 1.165) is 25.1 Å². The molecule has 2 aliphatic heterocycles. The minimum Gasteiger partial charge on any atom is -0.391 e. The SMILES string of the molecule is NC(=S)C1CN(C2CCc3ccccc3NC2=O)CCO1. The van der Waals surface area contributed by atoms with Crippen molar-refractivity contribution in [3.63, 3.8) is 0 Å². The van der Waals surface area contributed by atoms with E-state index >= 15 is 0 Å². The van der Waals surface area contributed by atoms with E-state index in [2.05, 4.69) is 16.3 Å². The monoisotopic (exact) mass is 305 g/mol. The highest BCUT2D eigenvalue weighted by molar-refractivity contribution is 7.80. The van der Waals surface area contributed by atoms with E-state index in [1.54, 1.807) is 0 Å². The second-order valence-electron chi connectivity index (χ2n) is 5.46. The van der Waals surface area contributed by atoms with Gasteiger partial charge in [0.1, 0.15) is 11.1 Å². The van der Waals surface area contributed by atoms with Gasteiger partial charge in [0, 0.05) is 18.8 Å². The minimum absolute atomic E-state index is 0.0449. The van der Waals surface area contributed by atoms with Gasteiger partial charge in [-0.25, -0.2) is 0 Å². The Morgan fingerprint density at radius 1 is 1.43 bits per heavy atom. The van der Waals surface area contributed by atoms with Crippen LogP contribution in [-0.2, 0) is 16.0 Å². The Morgan fingerprint density at radius 3 is 3.05 bits per heavy atom. The van der Waals surface area contributed by atoms with Gasteiger partial charge < -0.3 is 15.8 Å². The summed E-state index contributed by atoms with van der Waals surface area (Å²) in [7, 11) is 0. The number of aryl methyl sites for hydroxylation is 1. The molecule has 2 unspecified atom stereocenters. The van der Waals surface area contributed by atoms with E-state index < -0.39 is 0 Å². The molecule has 3 rings (SSSR count). The van der Waals surface area contributed by atoms with Gasteiger partial charge in [0.25, 0.3) is 0 Å². The number of carbonyl (C=O) groups excluding carboxylic acids is 1. The fourth-order valence-electron chi connectivity index (χ4n) is 2.97. The molecule has 1 amide bonds. The smallest absolute Gasteiger partial charge is 0.241 e. The first kappa shape index (κ1) is 14.4. The Labute approximate surface area is 129 Å². The fraction of sp³-hybridized carbons (Fsp3) is 0.467. The van der Waals surface area contributed by atoms with Gasteiger partial charge in [0.15, 0.2) is 0 Å². The Morgan fingerprint density at radius 2 is 2.24 bits per heavy atom. The largest absolute Gasteiger partial charge is 0.391 e. The number of amides is 1. The molecule has 1 aromatic rings. The van der Waals surface area contributed by atoms with Crippen molar-refractivity contribution in [3.8, 4) is 0 Å². The number of anilines is 1. The molecule has 6 heteroatoms. The van der Waals surface area contributed by atoms with Gasteiger partial charge in [-0.2, -0.15) is 0 Å². The highest BCUT2D eigenvalue weighted by Gasteiger charge is 2.33. The fourth-order valence-corrected chi connectivity index (χ4v) is 3.11. The number of nitrogens with one attached hydrogen (secondary N) is 1. The zero-order valence-electron chi connectivity index (χ0n) is 11.7. The molecular formula is C15H19N3O2S. The normalized spacial score (nSPS) is 26.6. The molecular weight excluding hydrogens is 286 g/mol. The van der Waals surface area contributed by atoms with Gasteiger partial charge in [-0.05, 0) is 24.5 Å². The molecule has 0 bridgehead atoms. The van der Waals surface area contributed by atoms with Gasteiger partial charge in [0.2, 0.25) is 5.91 Å². The first-order valence-electron chi connectivity index (χ1n) is 7.19. The predicted molar refractivity (Wildman–Crippen MR) is 85.3 cm³/mol. The number of nitrogens with zero attached hydrogens (tertiary/aromatic N) is 1. The van der Waals surface area contributed by atoms with Crippen LogP contribution >= 0.6 is 12.2 Å². The highest BCUT2D eigenvalue weighted by Crippen LogP contribution is 2.24. The quantitative estimate of drug-likeness (QED) is 0.796. The maximum atomic E-state index is 12.5. The number of fused-ring (bicyclic) bond motifs is 1. The summed E-state index contributed by atoms with van der Waals surface area (Å²) in [4.78, 5) is 15.0. The average molecular weight is 305 g/mol. The second kappa shape index (κ2) is 6.09. The number of nitrogens with two attached hydrogens (primary N) is 1. The summed E-state index contributed by atoms with van der Waals surface area (Å²) >= 11 is 5.01. The van der Waals surface area contributed by atoms with E-state index in [1.807, 2.05) is 18.2 Å². The summed E-state index contributed by atoms with van der Waals surface area (Å²) in [5.41, 5.74) is 7.78. The minimum atomic E-state index is -0.257. The molecule has 1 aromatic carbocycles. The second-order valence-corrected chi connectivity index (χ2v) is 5.93. The van der Waals surface area contributed by atoms with Crippen LogP contribution < -0.4 is 11.1 Å². The van der Waals surface area contributed by atoms with Crippen molar-refractivity contribution in [2.75, 3.05) is 25.0 Å². The Bertz CT molecular complexity index is 564. The third-order valence-electron chi connectivity index (χ3n) is 4.12. The standard InChI is InChI=1S/C15H19N3O2S/c16-14(21)13-9-18(7-8-20-13)12-6-5-10-3-1-2-4-11(10)17-15(12)19/h1-4,12-13H,5-9H2,(H2,16,21)(H,17,19). The zero-order valence-corrected chi connectivity index (χ0v) is 12.6. The number of hydrogen-bond donors (Lipinski definition) is 2. The number of morpholine rings is 1. The number of ether oxygens (including phenoxy) is 1. The molecule has 5 nitrogen and oxygen atoms in total. The van der Waals surface area contributed by atoms with E-state index in [4.69, 9.17) is 22.7 Å². The van der Waals surface area contributed by atoms with Crippen molar-refractivity contribution in [2.45, 2.75) is 25.0 Å². The third-order valence-corrected chi connectivity index (χ3v) is 4.38. The summed E-state index contributed by atoms with van der Waals surface area (Å²) in [5, 5.41) is 3.03. The first-order valence-corrected chi connectivity index (χ1v) is 7.59. The van der Waals surface area contributed by atoms with Crippen LogP contribution in [-0.4, -0.2) is 47.6 Å². The number of rotatable bonds is 2. The molecule has 3 N–H and O–H groups in total.